The average molecular weight is 342 g/mol. The van der Waals surface area contributed by atoms with Gasteiger partial charge in [0.15, 0.2) is 0 Å². The number of aryl methyl sites for hydroxylation is 1. The average Bonchev–Trinajstić information content (AvgIpc) is 2.72. The number of anilines is 1. The largest absolute Gasteiger partial charge is 0.389 e. The first-order chi connectivity index (χ1) is 8.56. The summed E-state index contributed by atoms with van der Waals surface area (Å²) >= 11 is 10.1. The van der Waals surface area contributed by atoms with Crippen LogP contribution in [0.5, 0.6) is 0 Å². The van der Waals surface area contributed by atoms with Crippen molar-refractivity contribution in [2.24, 2.45) is 5.73 Å². The number of thiazole rings is 1. The number of nitrogens with zero attached hydrogens (tertiary/aromatic N) is 1. The molecule has 0 saturated heterocycles. The van der Waals surface area contributed by atoms with Gasteiger partial charge in [-0.3, -0.25) is 0 Å². The zero-order valence-corrected chi connectivity index (χ0v) is 13.0. The molecule has 0 aliphatic rings. The highest BCUT2D eigenvalue weighted by Gasteiger charge is 2.04. The Balaban J connectivity index is 2.06. The highest BCUT2D eigenvalue weighted by Crippen LogP contribution is 2.22. The van der Waals surface area contributed by atoms with Crippen LogP contribution in [0.15, 0.2) is 28.1 Å². The van der Waals surface area contributed by atoms with Crippen LogP contribution in [0.3, 0.4) is 0 Å². The van der Waals surface area contributed by atoms with Gasteiger partial charge in [0, 0.05) is 21.1 Å². The fourth-order valence-electron chi connectivity index (χ4n) is 1.51. The maximum absolute atomic E-state index is 5.60. The van der Waals surface area contributed by atoms with E-state index in [1.165, 1.54) is 0 Å². The fraction of sp³-hybridized carbons (Fsp3) is 0.167. The van der Waals surface area contributed by atoms with E-state index >= 15 is 0 Å². The molecule has 0 fully saturated rings. The number of aromatic nitrogens is 1. The molecule has 1 aromatic heterocycles. The van der Waals surface area contributed by atoms with Crippen LogP contribution in [0.2, 0.25) is 0 Å². The van der Waals surface area contributed by atoms with Gasteiger partial charge in [-0.15, -0.1) is 11.3 Å². The molecule has 0 atom stereocenters. The van der Waals surface area contributed by atoms with Crippen LogP contribution in [-0.2, 0) is 6.54 Å². The predicted octanol–water partition coefficient (Wildman–Crippen LogP) is 3.46. The Kier molecular flexibility index (Phi) is 4.31. The van der Waals surface area contributed by atoms with E-state index in [4.69, 9.17) is 18.0 Å². The van der Waals surface area contributed by atoms with Gasteiger partial charge in [0.05, 0.1) is 17.2 Å². The molecule has 0 aliphatic heterocycles. The number of hydrogen-bond donors (Lipinski definition) is 2. The normalized spacial score (nSPS) is 10.3. The number of rotatable bonds is 4. The lowest BCUT2D eigenvalue weighted by Gasteiger charge is -2.08. The van der Waals surface area contributed by atoms with E-state index in [0.717, 1.165) is 26.4 Å². The van der Waals surface area contributed by atoms with Crippen LogP contribution in [0.25, 0.3) is 0 Å². The van der Waals surface area contributed by atoms with E-state index in [1.54, 1.807) is 11.3 Å². The maximum atomic E-state index is 5.60. The Morgan fingerprint density at radius 1 is 1.56 bits per heavy atom. The van der Waals surface area contributed by atoms with Crippen molar-refractivity contribution in [3.63, 3.8) is 0 Å². The van der Waals surface area contributed by atoms with Gasteiger partial charge in [-0.05, 0) is 41.1 Å². The van der Waals surface area contributed by atoms with Crippen LogP contribution in [-0.4, -0.2) is 9.97 Å². The third-order valence-corrected chi connectivity index (χ3v) is 4.07. The summed E-state index contributed by atoms with van der Waals surface area (Å²) in [4.78, 5) is 4.79. The maximum Gasteiger partial charge on any atom is 0.105 e. The molecule has 2 rings (SSSR count). The van der Waals surface area contributed by atoms with Crippen LogP contribution in [0.4, 0.5) is 5.69 Å². The number of nitrogens with one attached hydrogen (secondary N) is 1. The van der Waals surface area contributed by atoms with Gasteiger partial charge in [-0.25, -0.2) is 4.98 Å². The van der Waals surface area contributed by atoms with Crippen molar-refractivity contribution in [3.05, 3.63) is 44.3 Å². The molecule has 6 heteroatoms. The van der Waals surface area contributed by atoms with E-state index in [2.05, 4.69) is 31.6 Å². The van der Waals surface area contributed by atoms with E-state index in [0.29, 0.717) is 11.5 Å². The van der Waals surface area contributed by atoms with Crippen LogP contribution in [0, 0.1) is 6.92 Å². The summed E-state index contributed by atoms with van der Waals surface area (Å²) in [5, 5.41) is 6.45. The van der Waals surface area contributed by atoms with E-state index in [-0.39, 0.29) is 0 Å². The smallest absolute Gasteiger partial charge is 0.105 e. The van der Waals surface area contributed by atoms with Gasteiger partial charge in [0.2, 0.25) is 0 Å². The highest BCUT2D eigenvalue weighted by atomic mass is 79.9. The molecular weight excluding hydrogens is 330 g/mol. The molecular formula is C12H12BrN3S2. The predicted molar refractivity (Wildman–Crippen MR) is 84.2 cm³/mol. The third-order valence-electron chi connectivity index (χ3n) is 2.37. The number of benzene rings is 1. The van der Waals surface area contributed by atoms with Gasteiger partial charge >= 0.3 is 0 Å². The molecule has 2 aromatic rings. The first kappa shape index (κ1) is 13.5. The standard InChI is InChI=1S/C12H12BrN3S2/c1-7-16-9(6-18-7)5-15-8-2-3-10(12(14)17)11(13)4-8/h2-4,6,15H,5H2,1H3,(H2,14,17). The fourth-order valence-corrected chi connectivity index (χ4v) is 3.02. The minimum atomic E-state index is 0.392. The minimum absolute atomic E-state index is 0.392. The summed E-state index contributed by atoms with van der Waals surface area (Å²) in [7, 11) is 0. The third kappa shape index (κ3) is 3.28. The molecule has 0 spiro atoms. The number of hydrogen-bond acceptors (Lipinski definition) is 4. The highest BCUT2D eigenvalue weighted by molar-refractivity contribution is 9.10. The summed E-state index contributed by atoms with van der Waals surface area (Å²) in [5.41, 5.74) is 8.51. The first-order valence-corrected chi connectivity index (χ1v) is 7.38. The molecule has 0 unspecified atom stereocenters. The van der Waals surface area contributed by atoms with Gasteiger partial charge in [0.25, 0.3) is 0 Å². The molecule has 18 heavy (non-hydrogen) atoms. The van der Waals surface area contributed by atoms with Crippen LogP contribution in [0.1, 0.15) is 16.3 Å². The molecule has 0 bridgehead atoms. The molecule has 0 saturated carbocycles. The Labute approximate surface area is 124 Å². The van der Waals surface area contributed by atoms with Gasteiger partial charge < -0.3 is 11.1 Å². The second-order valence-electron chi connectivity index (χ2n) is 3.77. The molecule has 1 heterocycles. The number of thiocarbonyl (C=S) groups is 1. The zero-order valence-electron chi connectivity index (χ0n) is 9.74. The van der Waals surface area contributed by atoms with Crippen LogP contribution >= 0.6 is 39.5 Å². The summed E-state index contributed by atoms with van der Waals surface area (Å²) in [6.07, 6.45) is 0. The Morgan fingerprint density at radius 2 is 2.33 bits per heavy atom. The van der Waals surface area contributed by atoms with E-state index in [9.17, 15) is 0 Å². The lowest BCUT2D eigenvalue weighted by Crippen LogP contribution is -2.10. The SMILES string of the molecule is Cc1nc(CNc2ccc(C(N)=S)c(Br)c2)cs1. The van der Waals surface area contributed by atoms with Crippen molar-refractivity contribution in [2.75, 3.05) is 5.32 Å². The summed E-state index contributed by atoms with van der Waals surface area (Å²) in [5.74, 6) is 0. The molecule has 0 aliphatic carbocycles. The Morgan fingerprint density at radius 3 is 2.89 bits per heavy atom. The zero-order chi connectivity index (χ0) is 13.1. The lowest BCUT2D eigenvalue weighted by atomic mass is 10.2. The Hall–Kier alpha value is -0.980. The molecule has 94 valence electrons. The van der Waals surface area contributed by atoms with E-state index < -0.39 is 0 Å². The van der Waals surface area contributed by atoms with Gasteiger partial charge in [-0.1, -0.05) is 12.2 Å². The van der Waals surface area contributed by atoms with Crippen molar-refractivity contribution in [3.8, 4) is 0 Å². The second-order valence-corrected chi connectivity index (χ2v) is 6.13. The quantitative estimate of drug-likeness (QED) is 0.836. The molecule has 3 nitrogen and oxygen atoms in total. The molecule has 0 amide bonds. The van der Waals surface area contributed by atoms with Crippen molar-refractivity contribution in [2.45, 2.75) is 13.5 Å². The molecule has 3 N–H and O–H groups in total. The van der Waals surface area contributed by atoms with Crippen LogP contribution < -0.4 is 11.1 Å². The summed E-state index contributed by atoms with van der Waals surface area (Å²) in [6, 6.07) is 5.83. The topological polar surface area (TPSA) is 50.9 Å². The minimum Gasteiger partial charge on any atom is -0.389 e. The molecule has 1 aromatic carbocycles. The van der Waals surface area contributed by atoms with Crippen molar-refractivity contribution >= 4 is 50.2 Å². The monoisotopic (exact) mass is 341 g/mol. The van der Waals surface area contributed by atoms with Gasteiger partial charge in [0.1, 0.15) is 4.99 Å². The van der Waals surface area contributed by atoms with E-state index in [1.807, 2.05) is 25.1 Å². The molecule has 0 radical (unpaired) electrons. The lowest BCUT2D eigenvalue weighted by molar-refractivity contribution is 1.05. The summed E-state index contributed by atoms with van der Waals surface area (Å²) in [6.45, 7) is 2.71. The number of nitrogens with two attached hydrogens (primary N) is 1. The van der Waals surface area contributed by atoms with Crippen molar-refractivity contribution < 1.29 is 0 Å². The van der Waals surface area contributed by atoms with Crippen molar-refractivity contribution in [1.29, 1.82) is 0 Å². The van der Waals surface area contributed by atoms with Crippen molar-refractivity contribution in [1.82, 2.24) is 4.98 Å². The number of halogens is 1. The van der Waals surface area contributed by atoms with Gasteiger partial charge in [-0.2, -0.15) is 0 Å². The second kappa shape index (κ2) is 5.77. The summed E-state index contributed by atoms with van der Waals surface area (Å²) < 4.78 is 0.898. The Bertz CT molecular complexity index is 580. The first-order valence-electron chi connectivity index (χ1n) is 5.30.